The minimum absolute atomic E-state index is 0.134. The van der Waals surface area contributed by atoms with E-state index >= 15 is 0 Å². The van der Waals surface area contributed by atoms with Crippen molar-refractivity contribution in [3.05, 3.63) is 29.8 Å². The van der Waals surface area contributed by atoms with Gasteiger partial charge in [0.15, 0.2) is 0 Å². The lowest BCUT2D eigenvalue weighted by molar-refractivity contribution is -0.117. The number of anilines is 1. The van der Waals surface area contributed by atoms with Crippen molar-refractivity contribution in [2.45, 2.75) is 58.5 Å². The summed E-state index contributed by atoms with van der Waals surface area (Å²) in [5.74, 6) is 0.134. The van der Waals surface area contributed by atoms with Crippen LogP contribution >= 0.6 is 0 Å². The Morgan fingerprint density at radius 1 is 1.35 bits per heavy atom. The molecule has 20 heavy (non-hydrogen) atoms. The van der Waals surface area contributed by atoms with Gasteiger partial charge < -0.3 is 10.2 Å². The van der Waals surface area contributed by atoms with Crippen LogP contribution in [0, 0.1) is 0 Å². The second-order valence-electron chi connectivity index (χ2n) is 5.75. The number of unbranched alkanes of at least 4 members (excludes halogenated alkanes) is 2. The number of nitrogens with one attached hydrogen (secondary N) is 1. The molecule has 0 bridgehead atoms. The fourth-order valence-corrected chi connectivity index (χ4v) is 3.14. The van der Waals surface area contributed by atoms with Gasteiger partial charge in [0.2, 0.25) is 5.91 Å². The molecular weight excluding hydrogens is 248 g/mol. The van der Waals surface area contributed by atoms with E-state index in [1.54, 1.807) is 6.92 Å². The van der Waals surface area contributed by atoms with Crippen molar-refractivity contribution >= 4 is 11.6 Å². The highest BCUT2D eigenvalue weighted by Crippen LogP contribution is 2.36. The predicted octanol–water partition coefficient (Wildman–Crippen LogP) is 3.65. The smallest absolute Gasteiger partial charge is 0.224 e. The zero-order valence-electron chi connectivity index (χ0n) is 12.9. The Balaban J connectivity index is 2.15. The number of rotatable bonds is 5. The summed E-state index contributed by atoms with van der Waals surface area (Å²) in [5, 5.41) is 3.66. The number of hydrogen-bond donors (Lipinski definition) is 1. The molecule has 0 saturated heterocycles. The monoisotopic (exact) mass is 274 g/mol. The van der Waals surface area contributed by atoms with Crippen molar-refractivity contribution in [1.82, 2.24) is 5.32 Å². The molecule has 0 aromatic heterocycles. The van der Waals surface area contributed by atoms with Gasteiger partial charge in [0, 0.05) is 24.7 Å². The number of carbonyl (C=O) groups excluding carboxylic acids is 1. The van der Waals surface area contributed by atoms with Gasteiger partial charge in [-0.05, 0) is 37.9 Å². The third kappa shape index (κ3) is 3.21. The Kier molecular flexibility index (Phi) is 5.18. The molecule has 1 aliphatic rings. The van der Waals surface area contributed by atoms with Crippen LogP contribution in [0.2, 0.25) is 0 Å². The summed E-state index contributed by atoms with van der Waals surface area (Å²) in [6.45, 7) is 7.07. The van der Waals surface area contributed by atoms with Crippen LogP contribution in [-0.4, -0.2) is 18.5 Å². The zero-order chi connectivity index (χ0) is 14.5. The topological polar surface area (TPSA) is 32.3 Å². The number of benzene rings is 1. The van der Waals surface area contributed by atoms with Crippen molar-refractivity contribution < 1.29 is 4.79 Å². The fourth-order valence-electron chi connectivity index (χ4n) is 3.14. The Hall–Kier alpha value is -1.35. The Morgan fingerprint density at radius 2 is 2.10 bits per heavy atom. The quantitative estimate of drug-likeness (QED) is 0.831. The number of carbonyl (C=O) groups is 1. The molecule has 2 atom stereocenters. The number of hydrogen-bond acceptors (Lipinski definition) is 2. The van der Waals surface area contributed by atoms with Gasteiger partial charge in [-0.1, -0.05) is 38.0 Å². The average molecular weight is 274 g/mol. The number of fused-ring (bicyclic) bond motifs is 1. The minimum Gasteiger partial charge on any atom is -0.310 e. The summed E-state index contributed by atoms with van der Waals surface area (Å²) in [6, 6.07) is 8.91. The molecule has 2 rings (SSSR count). The lowest BCUT2D eigenvalue weighted by Crippen LogP contribution is -2.44. The lowest BCUT2D eigenvalue weighted by atomic mass is 9.91. The van der Waals surface area contributed by atoms with E-state index in [2.05, 4.69) is 37.4 Å². The largest absolute Gasteiger partial charge is 0.310 e. The van der Waals surface area contributed by atoms with E-state index in [4.69, 9.17) is 0 Å². The van der Waals surface area contributed by atoms with E-state index in [0.717, 1.165) is 18.7 Å². The van der Waals surface area contributed by atoms with Crippen LogP contribution in [0.3, 0.4) is 0 Å². The van der Waals surface area contributed by atoms with Crippen LogP contribution in [0.4, 0.5) is 5.69 Å². The molecule has 1 amide bonds. The Labute approximate surface area is 122 Å². The number of nitrogens with zero attached hydrogens (tertiary/aromatic N) is 1. The first-order chi connectivity index (χ1) is 9.65. The maximum Gasteiger partial charge on any atom is 0.224 e. The van der Waals surface area contributed by atoms with Crippen molar-refractivity contribution in [2.24, 2.45) is 0 Å². The van der Waals surface area contributed by atoms with Crippen LogP contribution in [0.25, 0.3) is 0 Å². The average Bonchev–Trinajstić information content (AvgIpc) is 2.43. The van der Waals surface area contributed by atoms with Gasteiger partial charge in [0.05, 0.1) is 0 Å². The molecule has 1 aliphatic heterocycles. The van der Waals surface area contributed by atoms with Crippen LogP contribution in [0.15, 0.2) is 24.3 Å². The van der Waals surface area contributed by atoms with Crippen LogP contribution in [-0.2, 0) is 4.79 Å². The van der Waals surface area contributed by atoms with Crippen LogP contribution < -0.4 is 10.2 Å². The van der Waals surface area contributed by atoms with Gasteiger partial charge in [-0.3, -0.25) is 4.79 Å². The van der Waals surface area contributed by atoms with E-state index in [-0.39, 0.29) is 11.9 Å². The fraction of sp³-hybridized carbons (Fsp3) is 0.588. The molecule has 0 fully saturated rings. The van der Waals surface area contributed by atoms with Crippen molar-refractivity contribution in [2.75, 3.05) is 11.4 Å². The van der Waals surface area contributed by atoms with E-state index in [0.29, 0.717) is 6.04 Å². The molecule has 0 saturated carbocycles. The van der Waals surface area contributed by atoms with Crippen LogP contribution in [0.5, 0.6) is 0 Å². The van der Waals surface area contributed by atoms with E-state index in [1.165, 1.54) is 24.8 Å². The van der Waals surface area contributed by atoms with Crippen LogP contribution in [0.1, 0.15) is 58.1 Å². The summed E-state index contributed by atoms with van der Waals surface area (Å²) in [6.07, 6.45) is 4.73. The highest BCUT2D eigenvalue weighted by atomic mass is 16.2. The summed E-state index contributed by atoms with van der Waals surface area (Å²) >= 11 is 0. The molecule has 110 valence electrons. The van der Waals surface area contributed by atoms with Gasteiger partial charge in [0.25, 0.3) is 0 Å². The highest BCUT2D eigenvalue weighted by molar-refractivity contribution is 5.93. The SMILES string of the molecule is CCCCCN[C@@H]1C[C@@H](C)N(C(C)=O)c2ccccc21. The molecule has 1 heterocycles. The molecule has 1 aromatic carbocycles. The van der Waals surface area contributed by atoms with E-state index < -0.39 is 0 Å². The number of amides is 1. The van der Waals surface area contributed by atoms with Crippen molar-refractivity contribution in [3.63, 3.8) is 0 Å². The summed E-state index contributed by atoms with van der Waals surface area (Å²) in [5.41, 5.74) is 2.34. The van der Waals surface area contributed by atoms with E-state index in [9.17, 15) is 4.79 Å². The first-order valence-corrected chi connectivity index (χ1v) is 7.77. The Bertz CT molecular complexity index is 458. The molecule has 0 aliphatic carbocycles. The van der Waals surface area contributed by atoms with Gasteiger partial charge in [-0.2, -0.15) is 0 Å². The van der Waals surface area contributed by atoms with Crippen molar-refractivity contribution in [1.29, 1.82) is 0 Å². The normalized spacial score (nSPS) is 21.6. The standard InChI is InChI=1S/C17H26N2O/c1-4-5-8-11-18-16-12-13(2)19(14(3)20)17-10-7-6-9-15(16)17/h6-7,9-10,13,16,18H,4-5,8,11-12H2,1-3H3/t13-,16-/m1/s1. The first-order valence-electron chi connectivity index (χ1n) is 7.77. The molecule has 0 unspecified atom stereocenters. The maximum atomic E-state index is 11.9. The van der Waals surface area contributed by atoms with Gasteiger partial charge >= 0.3 is 0 Å². The molecule has 3 nitrogen and oxygen atoms in total. The molecular formula is C17H26N2O. The zero-order valence-corrected chi connectivity index (χ0v) is 12.9. The van der Waals surface area contributed by atoms with Gasteiger partial charge in [-0.15, -0.1) is 0 Å². The van der Waals surface area contributed by atoms with E-state index in [1.807, 2.05) is 11.0 Å². The molecule has 1 aromatic rings. The molecule has 3 heteroatoms. The maximum absolute atomic E-state index is 11.9. The number of para-hydroxylation sites is 1. The van der Waals surface area contributed by atoms with Gasteiger partial charge in [-0.25, -0.2) is 0 Å². The summed E-state index contributed by atoms with van der Waals surface area (Å²) < 4.78 is 0. The Morgan fingerprint density at radius 3 is 2.80 bits per heavy atom. The second kappa shape index (κ2) is 6.89. The third-order valence-corrected chi connectivity index (χ3v) is 4.10. The van der Waals surface area contributed by atoms with Gasteiger partial charge in [0.1, 0.15) is 0 Å². The first kappa shape index (κ1) is 15.0. The molecule has 0 radical (unpaired) electrons. The minimum atomic E-state index is 0.134. The predicted molar refractivity (Wildman–Crippen MR) is 83.9 cm³/mol. The highest BCUT2D eigenvalue weighted by Gasteiger charge is 2.31. The third-order valence-electron chi connectivity index (χ3n) is 4.10. The van der Waals surface area contributed by atoms with Crippen molar-refractivity contribution in [3.8, 4) is 0 Å². The molecule has 1 N–H and O–H groups in total. The summed E-state index contributed by atoms with van der Waals surface area (Å²) in [7, 11) is 0. The lowest BCUT2D eigenvalue weighted by Gasteiger charge is -2.39. The second-order valence-corrected chi connectivity index (χ2v) is 5.75. The summed E-state index contributed by atoms with van der Waals surface area (Å²) in [4.78, 5) is 13.8. The molecule has 0 spiro atoms.